The highest BCUT2D eigenvalue weighted by atomic mass is 16.2. The smallest absolute Gasteiger partial charge is 0.328 e. The third kappa shape index (κ3) is 4.48. The predicted octanol–water partition coefficient (Wildman–Crippen LogP) is -0.724. The molecule has 26 heavy (non-hydrogen) atoms. The van der Waals surface area contributed by atoms with Gasteiger partial charge in [0.2, 0.25) is 5.91 Å². The van der Waals surface area contributed by atoms with E-state index in [1.165, 1.54) is 16.8 Å². The van der Waals surface area contributed by atoms with E-state index in [1.54, 1.807) is 6.20 Å². The van der Waals surface area contributed by atoms with Crippen molar-refractivity contribution in [3.05, 3.63) is 51.3 Å². The number of amides is 1. The van der Waals surface area contributed by atoms with Crippen LogP contribution >= 0.6 is 0 Å². The summed E-state index contributed by atoms with van der Waals surface area (Å²) in [6.45, 7) is 7.18. The molecule has 0 radical (unpaired) electrons. The molecule has 0 aromatic carbocycles. The average Bonchev–Trinajstić information content (AvgIpc) is 3.04. The highest BCUT2D eigenvalue weighted by molar-refractivity contribution is 5.76. The normalized spacial score (nSPS) is 15.3. The molecule has 3 heterocycles. The van der Waals surface area contributed by atoms with Crippen LogP contribution in [-0.2, 0) is 17.9 Å². The average molecular weight is 360 g/mol. The monoisotopic (exact) mass is 360 g/mol. The molecule has 1 fully saturated rings. The Morgan fingerprint density at radius 3 is 2.50 bits per heavy atom. The number of aryl methyl sites for hydroxylation is 2. The molecule has 9 heteroatoms. The lowest BCUT2D eigenvalue weighted by atomic mass is 10.2. The van der Waals surface area contributed by atoms with E-state index in [0.717, 1.165) is 32.0 Å². The standard InChI is InChI=1S/C17H24N6O3/c1-14-18-4-7-21(14)11-8-20-9-12-22(13-10-20)16(25)3-6-23-5-2-15(24)19-17(23)26/h2,4-5,7H,3,6,8-13H2,1H3,(H,19,24,26). The fraction of sp³-hybridized carbons (Fsp3) is 0.529. The Morgan fingerprint density at radius 2 is 1.85 bits per heavy atom. The fourth-order valence-corrected chi connectivity index (χ4v) is 3.10. The molecular formula is C17H24N6O3. The molecule has 9 nitrogen and oxygen atoms in total. The summed E-state index contributed by atoms with van der Waals surface area (Å²) in [5, 5.41) is 0. The number of piperazine rings is 1. The number of H-pyrrole nitrogens is 1. The number of imidazole rings is 1. The zero-order valence-corrected chi connectivity index (χ0v) is 14.9. The number of aromatic nitrogens is 4. The molecular weight excluding hydrogens is 336 g/mol. The third-order valence-corrected chi connectivity index (χ3v) is 4.77. The Labute approximate surface area is 150 Å². The molecule has 1 N–H and O–H groups in total. The Balaban J connectivity index is 1.42. The first kappa shape index (κ1) is 18.1. The van der Waals surface area contributed by atoms with Gasteiger partial charge in [0.05, 0.1) is 0 Å². The van der Waals surface area contributed by atoms with Gasteiger partial charge in [0, 0.05) is 76.9 Å². The summed E-state index contributed by atoms with van der Waals surface area (Å²) in [7, 11) is 0. The van der Waals surface area contributed by atoms with Gasteiger partial charge in [-0.05, 0) is 6.92 Å². The molecule has 2 aromatic heterocycles. The van der Waals surface area contributed by atoms with Crippen molar-refractivity contribution in [2.75, 3.05) is 32.7 Å². The Kier molecular flexibility index (Phi) is 5.67. The van der Waals surface area contributed by atoms with Crippen LogP contribution in [0.5, 0.6) is 0 Å². The molecule has 1 amide bonds. The van der Waals surface area contributed by atoms with Gasteiger partial charge in [-0.3, -0.25) is 19.5 Å². The van der Waals surface area contributed by atoms with Crippen molar-refractivity contribution in [2.45, 2.75) is 26.4 Å². The van der Waals surface area contributed by atoms with Crippen molar-refractivity contribution in [1.82, 2.24) is 28.9 Å². The van der Waals surface area contributed by atoms with E-state index in [4.69, 9.17) is 0 Å². The summed E-state index contributed by atoms with van der Waals surface area (Å²) >= 11 is 0. The zero-order chi connectivity index (χ0) is 18.5. The lowest BCUT2D eigenvalue weighted by molar-refractivity contribution is -0.133. The number of nitrogens with one attached hydrogen (secondary N) is 1. The number of carbonyl (C=O) groups excluding carboxylic acids is 1. The largest absolute Gasteiger partial charge is 0.340 e. The fourth-order valence-electron chi connectivity index (χ4n) is 3.10. The number of hydrogen-bond acceptors (Lipinski definition) is 5. The van der Waals surface area contributed by atoms with Crippen molar-refractivity contribution in [1.29, 1.82) is 0 Å². The van der Waals surface area contributed by atoms with Gasteiger partial charge >= 0.3 is 5.69 Å². The Morgan fingerprint density at radius 1 is 1.08 bits per heavy atom. The highest BCUT2D eigenvalue weighted by Gasteiger charge is 2.20. The van der Waals surface area contributed by atoms with Crippen LogP contribution < -0.4 is 11.2 Å². The van der Waals surface area contributed by atoms with Crippen molar-refractivity contribution in [2.24, 2.45) is 0 Å². The van der Waals surface area contributed by atoms with E-state index in [2.05, 4.69) is 19.4 Å². The second kappa shape index (κ2) is 8.13. The number of hydrogen-bond donors (Lipinski definition) is 1. The van der Waals surface area contributed by atoms with Crippen molar-refractivity contribution in [3.63, 3.8) is 0 Å². The SMILES string of the molecule is Cc1nccn1CCN1CCN(C(=O)CCn2ccc(=O)[nH]c2=O)CC1. The van der Waals surface area contributed by atoms with Crippen LogP contribution in [0.3, 0.4) is 0 Å². The van der Waals surface area contributed by atoms with E-state index >= 15 is 0 Å². The van der Waals surface area contributed by atoms with E-state index < -0.39 is 11.2 Å². The molecule has 3 rings (SSSR count). The van der Waals surface area contributed by atoms with Crippen LogP contribution in [0.2, 0.25) is 0 Å². The second-order valence-corrected chi connectivity index (χ2v) is 6.44. The highest BCUT2D eigenvalue weighted by Crippen LogP contribution is 2.05. The van der Waals surface area contributed by atoms with E-state index in [-0.39, 0.29) is 18.9 Å². The lowest BCUT2D eigenvalue weighted by Crippen LogP contribution is -2.49. The Hall–Kier alpha value is -2.68. The summed E-state index contributed by atoms with van der Waals surface area (Å²) in [6, 6.07) is 1.28. The zero-order valence-electron chi connectivity index (χ0n) is 14.9. The topological polar surface area (TPSA) is 96.2 Å². The molecule has 1 aliphatic heterocycles. The summed E-state index contributed by atoms with van der Waals surface area (Å²) in [5.74, 6) is 1.05. The molecule has 1 aliphatic rings. The van der Waals surface area contributed by atoms with Gasteiger partial charge in [-0.2, -0.15) is 0 Å². The summed E-state index contributed by atoms with van der Waals surface area (Å²) in [4.78, 5) is 45.6. The number of rotatable bonds is 6. The van der Waals surface area contributed by atoms with E-state index in [9.17, 15) is 14.4 Å². The maximum Gasteiger partial charge on any atom is 0.328 e. The quantitative estimate of drug-likeness (QED) is 0.733. The van der Waals surface area contributed by atoms with Crippen LogP contribution in [0, 0.1) is 6.92 Å². The molecule has 140 valence electrons. The summed E-state index contributed by atoms with van der Waals surface area (Å²) < 4.78 is 3.47. The third-order valence-electron chi connectivity index (χ3n) is 4.77. The molecule has 2 aromatic rings. The van der Waals surface area contributed by atoms with E-state index in [0.29, 0.717) is 13.1 Å². The lowest BCUT2D eigenvalue weighted by Gasteiger charge is -2.35. The van der Waals surface area contributed by atoms with Crippen molar-refractivity contribution < 1.29 is 4.79 Å². The summed E-state index contributed by atoms with van der Waals surface area (Å²) in [5.41, 5.74) is -0.913. The van der Waals surface area contributed by atoms with Crippen LogP contribution in [0.4, 0.5) is 0 Å². The Bertz CT molecular complexity index is 860. The molecule has 0 atom stereocenters. The minimum Gasteiger partial charge on any atom is -0.340 e. The molecule has 0 aliphatic carbocycles. The number of carbonyl (C=O) groups is 1. The first-order valence-corrected chi connectivity index (χ1v) is 8.80. The van der Waals surface area contributed by atoms with Gasteiger partial charge in [-0.25, -0.2) is 9.78 Å². The molecule has 1 saturated heterocycles. The summed E-state index contributed by atoms with van der Waals surface area (Å²) in [6.07, 6.45) is 5.46. The maximum absolute atomic E-state index is 12.4. The van der Waals surface area contributed by atoms with Gasteiger partial charge in [-0.15, -0.1) is 0 Å². The number of aromatic amines is 1. The number of nitrogens with zero attached hydrogens (tertiary/aromatic N) is 5. The van der Waals surface area contributed by atoms with Gasteiger partial charge in [0.15, 0.2) is 0 Å². The van der Waals surface area contributed by atoms with Crippen LogP contribution in [0.1, 0.15) is 12.2 Å². The minimum atomic E-state index is -0.482. The van der Waals surface area contributed by atoms with E-state index in [1.807, 2.05) is 18.0 Å². The van der Waals surface area contributed by atoms with Crippen molar-refractivity contribution in [3.8, 4) is 0 Å². The maximum atomic E-state index is 12.4. The second-order valence-electron chi connectivity index (χ2n) is 6.44. The van der Waals surface area contributed by atoms with Crippen LogP contribution in [-0.4, -0.2) is 67.5 Å². The van der Waals surface area contributed by atoms with Crippen LogP contribution in [0.25, 0.3) is 0 Å². The first-order valence-electron chi connectivity index (χ1n) is 8.80. The predicted molar refractivity (Wildman–Crippen MR) is 95.9 cm³/mol. The first-order chi connectivity index (χ1) is 12.5. The van der Waals surface area contributed by atoms with Crippen LogP contribution in [0.15, 0.2) is 34.2 Å². The molecule has 0 saturated carbocycles. The van der Waals surface area contributed by atoms with Gasteiger partial charge in [-0.1, -0.05) is 0 Å². The minimum absolute atomic E-state index is 0.0354. The molecule has 0 bridgehead atoms. The van der Waals surface area contributed by atoms with Crippen molar-refractivity contribution >= 4 is 5.91 Å². The molecule has 0 spiro atoms. The van der Waals surface area contributed by atoms with Gasteiger partial charge < -0.3 is 14.0 Å². The molecule has 0 unspecified atom stereocenters. The van der Waals surface area contributed by atoms with Gasteiger partial charge in [0.1, 0.15) is 5.82 Å². The van der Waals surface area contributed by atoms with Gasteiger partial charge in [0.25, 0.3) is 5.56 Å².